The first-order valence-electron chi connectivity index (χ1n) is 6.75. The summed E-state index contributed by atoms with van der Waals surface area (Å²) >= 11 is 0. The fourth-order valence-electron chi connectivity index (χ4n) is 2.64. The highest BCUT2D eigenvalue weighted by Gasteiger charge is 2.33. The van der Waals surface area contributed by atoms with Gasteiger partial charge in [0.05, 0.1) is 12.1 Å². The highest BCUT2D eigenvalue weighted by molar-refractivity contribution is 5.92. The lowest BCUT2D eigenvalue weighted by molar-refractivity contribution is 0.0763. The molecule has 1 aliphatic heterocycles. The first-order valence-corrected chi connectivity index (χ1v) is 6.75. The van der Waals surface area contributed by atoms with Crippen LogP contribution in [0, 0.1) is 0 Å². The molecule has 1 aromatic heterocycles. The Balaban J connectivity index is 1.63. The predicted octanol–water partition coefficient (Wildman–Crippen LogP) is 0.346. The summed E-state index contributed by atoms with van der Waals surface area (Å²) in [6.07, 6.45) is 2.45. The van der Waals surface area contributed by atoms with E-state index in [4.69, 9.17) is 4.74 Å². The van der Waals surface area contributed by atoms with E-state index >= 15 is 0 Å². The van der Waals surface area contributed by atoms with Crippen LogP contribution >= 0.6 is 0 Å². The lowest BCUT2D eigenvalue weighted by atomic mass is 10.2. The number of methoxy groups -OCH3 is 1. The van der Waals surface area contributed by atoms with Crippen molar-refractivity contribution in [1.29, 1.82) is 0 Å². The molecule has 104 valence electrons. The average Bonchev–Trinajstić information content (AvgIpc) is 3.00. The molecule has 2 heterocycles. The van der Waals surface area contributed by atoms with E-state index in [0.29, 0.717) is 11.6 Å². The van der Waals surface area contributed by atoms with Crippen LogP contribution in [0.25, 0.3) is 0 Å². The van der Waals surface area contributed by atoms with Gasteiger partial charge in [-0.1, -0.05) is 0 Å². The lowest BCUT2D eigenvalue weighted by Crippen LogP contribution is -2.43. The molecule has 2 fully saturated rings. The summed E-state index contributed by atoms with van der Waals surface area (Å²) in [4.78, 5) is 14.3. The Morgan fingerprint density at radius 1 is 1.53 bits per heavy atom. The van der Waals surface area contributed by atoms with E-state index < -0.39 is 0 Å². The normalized spacial score (nSPS) is 27.7. The Bertz CT molecular complexity index is 469. The van der Waals surface area contributed by atoms with Gasteiger partial charge in [-0.2, -0.15) is 5.10 Å². The molecule has 2 aliphatic rings. The van der Waals surface area contributed by atoms with Crippen molar-refractivity contribution < 1.29 is 9.53 Å². The maximum absolute atomic E-state index is 12.2. The Morgan fingerprint density at radius 3 is 3.00 bits per heavy atom. The van der Waals surface area contributed by atoms with Crippen molar-refractivity contribution in [1.82, 2.24) is 20.4 Å². The molecule has 1 aromatic rings. The fraction of sp³-hybridized carbons (Fsp3) is 0.692. The molecule has 19 heavy (non-hydrogen) atoms. The number of hydrogen-bond donors (Lipinski definition) is 2. The average molecular weight is 264 g/mol. The molecule has 0 unspecified atom stereocenters. The van der Waals surface area contributed by atoms with E-state index in [1.54, 1.807) is 7.11 Å². The molecule has 1 amide bonds. The van der Waals surface area contributed by atoms with Crippen LogP contribution in [0.5, 0.6) is 0 Å². The van der Waals surface area contributed by atoms with E-state index in [0.717, 1.165) is 18.8 Å². The molecular weight excluding hydrogens is 244 g/mol. The number of carbonyl (C=O) groups is 1. The van der Waals surface area contributed by atoms with Crippen molar-refractivity contribution in [3.63, 3.8) is 0 Å². The van der Waals surface area contributed by atoms with Crippen LogP contribution < -0.4 is 5.32 Å². The molecule has 0 spiro atoms. The number of likely N-dealkylation sites (N-methyl/N-ethyl adjacent to an activating group) is 1. The second-order valence-corrected chi connectivity index (χ2v) is 5.56. The smallest absolute Gasteiger partial charge is 0.272 e. The molecule has 6 heteroatoms. The summed E-state index contributed by atoms with van der Waals surface area (Å²) in [5.74, 6) is 0.462. The quantitative estimate of drug-likeness (QED) is 0.823. The van der Waals surface area contributed by atoms with Crippen LogP contribution in [0.1, 0.15) is 34.9 Å². The van der Waals surface area contributed by atoms with Crippen molar-refractivity contribution in [3.05, 3.63) is 17.5 Å². The second kappa shape index (κ2) is 4.94. The minimum atomic E-state index is -0.120. The van der Waals surface area contributed by atoms with Gasteiger partial charge >= 0.3 is 0 Å². The first kappa shape index (κ1) is 12.6. The Kier molecular flexibility index (Phi) is 3.28. The van der Waals surface area contributed by atoms with Gasteiger partial charge in [0, 0.05) is 31.8 Å². The van der Waals surface area contributed by atoms with Crippen molar-refractivity contribution in [2.24, 2.45) is 0 Å². The molecule has 0 bridgehead atoms. The maximum Gasteiger partial charge on any atom is 0.272 e. The van der Waals surface area contributed by atoms with Crippen LogP contribution in [-0.2, 0) is 4.74 Å². The molecule has 2 atom stereocenters. The van der Waals surface area contributed by atoms with Gasteiger partial charge in [0.1, 0.15) is 5.69 Å². The number of H-pyrrole nitrogens is 1. The topological polar surface area (TPSA) is 70.2 Å². The van der Waals surface area contributed by atoms with E-state index in [1.807, 2.05) is 13.1 Å². The Morgan fingerprint density at radius 2 is 2.32 bits per heavy atom. The minimum Gasteiger partial charge on any atom is -0.378 e. The fourth-order valence-corrected chi connectivity index (χ4v) is 2.64. The number of amides is 1. The number of ether oxygens (including phenoxy) is 1. The van der Waals surface area contributed by atoms with Crippen LogP contribution in [-0.4, -0.2) is 60.4 Å². The zero-order valence-electron chi connectivity index (χ0n) is 11.3. The molecule has 2 N–H and O–H groups in total. The summed E-state index contributed by atoms with van der Waals surface area (Å²) in [6.45, 7) is 1.65. The van der Waals surface area contributed by atoms with Crippen LogP contribution in [0.3, 0.4) is 0 Å². The third kappa shape index (κ3) is 2.64. The standard InChI is InChI=1S/C13H20N4O2/c1-17-6-11(12(7-17)19-2)14-13(18)10-5-9(15-16-10)8-3-4-8/h5,8,11-12H,3-4,6-7H2,1-2H3,(H,14,18)(H,15,16)/t11-,12+/m1/s1. The number of likely N-dealkylation sites (tertiary alicyclic amines) is 1. The number of hydrogen-bond acceptors (Lipinski definition) is 4. The molecule has 1 saturated heterocycles. The van der Waals surface area contributed by atoms with E-state index in [-0.39, 0.29) is 18.1 Å². The highest BCUT2D eigenvalue weighted by atomic mass is 16.5. The van der Waals surface area contributed by atoms with Gasteiger partial charge in [-0.15, -0.1) is 0 Å². The van der Waals surface area contributed by atoms with Gasteiger partial charge in [-0.05, 0) is 26.0 Å². The van der Waals surface area contributed by atoms with E-state index in [2.05, 4.69) is 20.4 Å². The van der Waals surface area contributed by atoms with Gasteiger partial charge in [-0.3, -0.25) is 9.89 Å². The molecule has 6 nitrogen and oxygen atoms in total. The van der Waals surface area contributed by atoms with Crippen LogP contribution in [0.15, 0.2) is 6.07 Å². The second-order valence-electron chi connectivity index (χ2n) is 5.56. The van der Waals surface area contributed by atoms with Gasteiger partial charge in [0.25, 0.3) is 5.91 Å². The Hall–Kier alpha value is -1.40. The molecule has 3 rings (SSSR count). The summed E-state index contributed by atoms with van der Waals surface area (Å²) in [5, 5.41) is 10.1. The summed E-state index contributed by atoms with van der Waals surface area (Å²) in [5.41, 5.74) is 1.56. The minimum absolute atomic E-state index is 0.0311. The highest BCUT2D eigenvalue weighted by Crippen LogP contribution is 2.38. The first-order chi connectivity index (χ1) is 9.17. The SMILES string of the molecule is CO[C@H]1CN(C)C[C@H]1NC(=O)c1cc(C2CC2)[nH]n1. The lowest BCUT2D eigenvalue weighted by Gasteiger charge is -2.17. The maximum atomic E-state index is 12.2. The zero-order valence-corrected chi connectivity index (χ0v) is 11.3. The predicted molar refractivity (Wildman–Crippen MR) is 70.1 cm³/mol. The van der Waals surface area contributed by atoms with E-state index in [9.17, 15) is 4.79 Å². The number of nitrogens with zero attached hydrogens (tertiary/aromatic N) is 2. The zero-order chi connectivity index (χ0) is 13.4. The van der Waals surface area contributed by atoms with Crippen molar-refractivity contribution >= 4 is 5.91 Å². The summed E-state index contributed by atoms with van der Waals surface area (Å²) in [7, 11) is 3.71. The van der Waals surface area contributed by atoms with Crippen LogP contribution in [0.2, 0.25) is 0 Å². The van der Waals surface area contributed by atoms with Gasteiger partial charge in [0.15, 0.2) is 0 Å². The van der Waals surface area contributed by atoms with Crippen molar-refractivity contribution in [2.75, 3.05) is 27.2 Å². The molecule has 1 saturated carbocycles. The third-order valence-corrected chi connectivity index (χ3v) is 3.92. The van der Waals surface area contributed by atoms with Gasteiger partial charge < -0.3 is 15.0 Å². The Labute approximate surface area is 112 Å². The van der Waals surface area contributed by atoms with Crippen molar-refractivity contribution in [3.8, 4) is 0 Å². The molecular formula is C13H20N4O2. The van der Waals surface area contributed by atoms with E-state index in [1.165, 1.54) is 12.8 Å². The number of nitrogens with one attached hydrogen (secondary N) is 2. The van der Waals surface area contributed by atoms with Gasteiger partial charge in [-0.25, -0.2) is 0 Å². The van der Waals surface area contributed by atoms with Crippen LogP contribution in [0.4, 0.5) is 0 Å². The third-order valence-electron chi connectivity index (χ3n) is 3.92. The summed E-state index contributed by atoms with van der Waals surface area (Å²) < 4.78 is 5.40. The molecule has 0 aromatic carbocycles. The monoisotopic (exact) mass is 264 g/mol. The number of aromatic amines is 1. The van der Waals surface area contributed by atoms with Gasteiger partial charge in [0.2, 0.25) is 0 Å². The number of aromatic nitrogens is 2. The molecule has 0 radical (unpaired) electrons. The summed E-state index contributed by atoms with van der Waals surface area (Å²) in [6, 6.07) is 1.90. The number of carbonyl (C=O) groups excluding carboxylic acids is 1. The largest absolute Gasteiger partial charge is 0.378 e. The van der Waals surface area contributed by atoms with Crippen molar-refractivity contribution in [2.45, 2.75) is 30.9 Å². The molecule has 1 aliphatic carbocycles. The number of rotatable bonds is 4.